The molecule has 1 aromatic carbocycles. The van der Waals surface area contributed by atoms with Crippen molar-refractivity contribution in [2.45, 2.75) is 154 Å². The third-order valence-corrected chi connectivity index (χ3v) is 10.3. The number of nitrogens with zero attached hydrogens (tertiary/aromatic N) is 1. The van der Waals surface area contributed by atoms with Crippen LogP contribution in [0.15, 0.2) is 35.4 Å². The minimum atomic E-state index is 1.05. The minimum Gasteiger partial charge on any atom is -0.317 e. The molecule has 0 spiro atoms. The van der Waals surface area contributed by atoms with Gasteiger partial charge in [0.2, 0.25) is 0 Å². The number of hydrogen-bond donors (Lipinski definition) is 7. The van der Waals surface area contributed by atoms with Crippen molar-refractivity contribution < 1.29 is 0 Å². The molecule has 0 unspecified atom stereocenters. The Hall–Kier alpha value is -1.81. The fourth-order valence-electron chi connectivity index (χ4n) is 6.91. The highest BCUT2D eigenvalue weighted by Gasteiger charge is 1.99. The fraction of sp³-hybridized carbons (Fsp3) is 0.800. The Morgan fingerprint density at radius 1 is 0.321 bits per heavy atom. The molecule has 0 atom stereocenters. The van der Waals surface area contributed by atoms with E-state index in [2.05, 4.69) is 42.4 Å². The number of allylic oxidation sites excluding steroid dienone is 1. The van der Waals surface area contributed by atoms with Gasteiger partial charge in [-0.1, -0.05) is 101 Å². The number of anilines is 1. The van der Waals surface area contributed by atoms with E-state index in [9.17, 15) is 0 Å². The first-order valence-corrected chi connectivity index (χ1v) is 22.8. The lowest BCUT2D eigenvalue weighted by Crippen LogP contribution is -2.12. The normalized spacial score (nSPS) is 21.8. The van der Waals surface area contributed by atoms with Gasteiger partial charge in [0.15, 0.2) is 0 Å². The minimum absolute atomic E-state index is 1.05. The van der Waals surface area contributed by atoms with Gasteiger partial charge in [-0.05, 0) is 173 Å². The lowest BCUT2D eigenvalue weighted by Gasteiger charge is -2.00. The third-order valence-electron chi connectivity index (χ3n) is 10.3. The molecule has 0 amide bonds. The SMILES string of the molecule is C1=Cc2ccccc2NN=C1.C1CCCNCC1.C1CCCNCC1.C1CCCNCC1.C1CCCNCC1.C1CCCNCC1.C1CCCNCC1. The lowest BCUT2D eigenvalue weighted by molar-refractivity contribution is 0.702. The van der Waals surface area contributed by atoms with E-state index in [0.29, 0.717) is 0 Å². The molecule has 0 aliphatic carbocycles. The monoisotopic (exact) mass is 739 g/mol. The molecule has 7 aliphatic heterocycles. The van der Waals surface area contributed by atoms with Crippen LogP contribution in [0.4, 0.5) is 5.69 Å². The highest BCUT2D eigenvalue weighted by Crippen LogP contribution is 2.17. The first kappa shape index (κ1) is 47.3. The molecule has 1 aromatic rings. The molecule has 0 radical (unpaired) electrons. The number of fused-ring (bicyclic) bond motifs is 1. The van der Waals surface area contributed by atoms with Crippen LogP contribution in [0, 0.1) is 0 Å². The second-order valence-electron chi connectivity index (χ2n) is 15.3. The summed E-state index contributed by atoms with van der Waals surface area (Å²) in [6.45, 7) is 15.0. The Labute approximate surface area is 328 Å². The number of para-hydroxylation sites is 1. The standard InChI is InChI=1S/C9H8N2.6C6H13N/c1-2-6-9-8(4-1)5-3-7-10-11-9;6*1-2-4-6-7-5-3-1/h1-7,11H;6*7H,1-6H2. The van der Waals surface area contributed by atoms with E-state index < -0.39 is 0 Å². The Kier molecular flexibility index (Phi) is 35.6. The van der Waals surface area contributed by atoms with Crippen LogP contribution in [0.2, 0.25) is 0 Å². The Morgan fingerprint density at radius 2 is 0.585 bits per heavy atom. The summed E-state index contributed by atoms with van der Waals surface area (Å²) in [4.78, 5) is 0. The summed E-state index contributed by atoms with van der Waals surface area (Å²) < 4.78 is 0. The molecule has 0 saturated carbocycles. The third kappa shape index (κ3) is 33.3. The maximum Gasteiger partial charge on any atom is 0.0634 e. The largest absolute Gasteiger partial charge is 0.317 e. The van der Waals surface area contributed by atoms with Crippen LogP contribution in [0.5, 0.6) is 0 Å². The van der Waals surface area contributed by atoms with Crippen LogP contribution >= 0.6 is 0 Å². The molecule has 53 heavy (non-hydrogen) atoms. The first-order valence-electron chi connectivity index (χ1n) is 22.8. The van der Waals surface area contributed by atoms with Gasteiger partial charge in [-0.3, -0.25) is 5.43 Å². The predicted octanol–water partition coefficient (Wildman–Crippen LogP) is 9.01. The van der Waals surface area contributed by atoms with Crippen molar-refractivity contribution in [2.24, 2.45) is 5.10 Å². The van der Waals surface area contributed by atoms with E-state index in [1.165, 1.54) is 238 Å². The van der Waals surface area contributed by atoms with Crippen molar-refractivity contribution >= 4 is 18.0 Å². The van der Waals surface area contributed by atoms with Crippen molar-refractivity contribution in [2.75, 3.05) is 84.0 Å². The predicted molar refractivity (Wildman–Crippen MR) is 236 cm³/mol. The summed E-state index contributed by atoms with van der Waals surface area (Å²) in [5, 5.41) is 24.0. The van der Waals surface area contributed by atoms with Gasteiger partial charge in [0.25, 0.3) is 0 Å². The topological polar surface area (TPSA) is 96.6 Å². The smallest absolute Gasteiger partial charge is 0.0634 e. The molecule has 8 nitrogen and oxygen atoms in total. The first-order chi connectivity index (χ1) is 26.5. The fourth-order valence-corrected chi connectivity index (χ4v) is 6.91. The molecule has 8 heteroatoms. The van der Waals surface area contributed by atoms with Gasteiger partial charge in [0.1, 0.15) is 0 Å². The Morgan fingerprint density at radius 3 is 0.868 bits per heavy atom. The van der Waals surface area contributed by atoms with Gasteiger partial charge < -0.3 is 31.9 Å². The molecular weight excluding hydrogens is 653 g/mol. The number of hydrazone groups is 1. The van der Waals surface area contributed by atoms with E-state index in [4.69, 9.17) is 0 Å². The number of nitrogens with one attached hydrogen (secondary N) is 7. The average molecular weight is 739 g/mol. The van der Waals surface area contributed by atoms with E-state index in [0.717, 1.165) is 5.69 Å². The lowest BCUT2D eigenvalue weighted by atomic mass is 10.2. The zero-order valence-electron chi connectivity index (χ0n) is 34.4. The molecule has 7 N–H and O–H groups in total. The zero-order valence-corrected chi connectivity index (χ0v) is 34.4. The molecular formula is C45H86N8. The van der Waals surface area contributed by atoms with Gasteiger partial charge in [0.05, 0.1) is 5.69 Å². The van der Waals surface area contributed by atoms with E-state index in [1.807, 2.05) is 36.4 Å². The summed E-state index contributed by atoms with van der Waals surface area (Å²) in [7, 11) is 0. The Bertz CT molecular complexity index is 712. The summed E-state index contributed by atoms with van der Waals surface area (Å²) in [5.74, 6) is 0. The second kappa shape index (κ2) is 39.9. The highest BCUT2D eigenvalue weighted by molar-refractivity contribution is 5.83. The maximum atomic E-state index is 3.95. The van der Waals surface area contributed by atoms with Crippen molar-refractivity contribution in [3.63, 3.8) is 0 Å². The molecule has 7 heterocycles. The highest BCUT2D eigenvalue weighted by atomic mass is 15.3. The van der Waals surface area contributed by atoms with Crippen LogP contribution in [0.1, 0.15) is 160 Å². The van der Waals surface area contributed by atoms with Gasteiger partial charge >= 0.3 is 0 Å². The molecule has 306 valence electrons. The van der Waals surface area contributed by atoms with E-state index >= 15 is 0 Å². The zero-order chi connectivity index (χ0) is 37.2. The summed E-state index contributed by atoms with van der Waals surface area (Å²) >= 11 is 0. The van der Waals surface area contributed by atoms with Crippen molar-refractivity contribution in [1.82, 2.24) is 31.9 Å². The number of hydrogen-bond acceptors (Lipinski definition) is 8. The van der Waals surface area contributed by atoms with Crippen LogP contribution < -0.4 is 37.3 Å². The van der Waals surface area contributed by atoms with Crippen LogP contribution in [-0.4, -0.2) is 84.8 Å². The summed E-state index contributed by atoms with van der Waals surface area (Å²) in [6.07, 6.45) is 39.6. The maximum absolute atomic E-state index is 3.95. The van der Waals surface area contributed by atoms with Gasteiger partial charge in [-0.25, -0.2) is 0 Å². The molecule has 0 aromatic heterocycles. The van der Waals surface area contributed by atoms with Crippen LogP contribution in [0.3, 0.4) is 0 Å². The van der Waals surface area contributed by atoms with E-state index in [1.54, 1.807) is 6.21 Å². The van der Waals surface area contributed by atoms with Crippen molar-refractivity contribution in [3.8, 4) is 0 Å². The van der Waals surface area contributed by atoms with Crippen molar-refractivity contribution in [3.05, 3.63) is 35.9 Å². The number of rotatable bonds is 0. The van der Waals surface area contributed by atoms with Crippen molar-refractivity contribution in [1.29, 1.82) is 0 Å². The van der Waals surface area contributed by atoms with Gasteiger partial charge in [-0.15, -0.1) is 0 Å². The van der Waals surface area contributed by atoms with E-state index in [-0.39, 0.29) is 0 Å². The van der Waals surface area contributed by atoms with Gasteiger partial charge in [-0.2, -0.15) is 5.10 Å². The quantitative estimate of drug-likeness (QED) is 0.143. The van der Waals surface area contributed by atoms with Crippen LogP contribution in [-0.2, 0) is 0 Å². The molecule has 0 bridgehead atoms. The van der Waals surface area contributed by atoms with Crippen LogP contribution in [0.25, 0.3) is 6.08 Å². The second-order valence-corrected chi connectivity index (χ2v) is 15.3. The average Bonchev–Trinajstić information content (AvgIpc) is 3.99. The molecule has 6 fully saturated rings. The molecule has 7 aliphatic rings. The Balaban J connectivity index is 0.000000216. The van der Waals surface area contributed by atoms with Gasteiger partial charge in [0, 0.05) is 6.21 Å². The summed E-state index contributed by atoms with van der Waals surface area (Å²) in [5.41, 5.74) is 5.16. The number of benzene rings is 1. The summed E-state index contributed by atoms with van der Waals surface area (Å²) in [6, 6.07) is 8.05. The molecule has 8 rings (SSSR count). The molecule has 6 saturated heterocycles.